The summed E-state index contributed by atoms with van der Waals surface area (Å²) in [5.74, 6) is 0.830. The summed E-state index contributed by atoms with van der Waals surface area (Å²) in [7, 11) is 1.89. The van der Waals surface area contributed by atoms with Crippen molar-refractivity contribution in [2.45, 2.75) is 53.0 Å². The zero-order valence-electron chi connectivity index (χ0n) is 11.5. The summed E-state index contributed by atoms with van der Waals surface area (Å²) in [5, 5.41) is 3.03. The molecule has 0 aromatic rings. The fourth-order valence-electron chi connectivity index (χ4n) is 1.95. The Kier molecular flexibility index (Phi) is 8.26. The van der Waals surface area contributed by atoms with Crippen molar-refractivity contribution < 1.29 is 4.79 Å². The standard InChI is InChI=1S/C13H28N2O/c1-6-12(7-2)15(10-11(3)4)13(16)8-9-14-5/h11-12,14H,6-10H2,1-5H3. The summed E-state index contributed by atoms with van der Waals surface area (Å²) in [6, 6.07) is 0.409. The predicted molar refractivity (Wildman–Crippen MR) is 69.5 cm³/mol. The molecule has 0 spiro atoms. The Morgan fingerprint density at radius 3 is 2.19 bits per heavy atom. The Morgan fingerprint density at radius 2 is 1.81 bits per heavy atom. The van der Waals surface area contributed by atoms with Gasteiger partial charge in [0.1, 0.15) is 0 Å². The maximum atomic E-state index is 12.1. The fourth-order valence-corrected chi connectivity index (χ4v) is 1.95. The summed E-state index contributed by atoms with van der Waals surface area (Å²) in [4.78, 5) is 14.2. The third-order valence-corrected chi connectivity index (χ3v) is 2.85. The minimum Gasteiger partial charge on any atom is -0.339 e. The van der Waals surface area contributed by atoms with Gasteiger partial charge >= 0.3 is 0 Å². The van der Waals surface area contributed by atoms with Crippen molar-refractivity contribution >= 4 is 5.91 Å². The number of rotatable bonds is 8. The molecule has 0 saturated carbocycles. The molecule has 0 aliphatic carbocycles. The van der Waals surface area contributed by atoms with Gasteiger partial charge in [0.25, 0.3) is 0 Å². The number of hydrogen-bond donors (Lipinski definition) is 1. The van der Waals surface area contributed by atoms with E-state index in [9.17, 15) is 4.79 Å². The van der Waals surface area contributed by atoms with E-state index in [1.54, 1.807) is 0 Å². The van der Waals surface area contributed by atoms with Crippen LogP contribution in [-0.4, -0.2) is 37.0 Å². The first-order chi connectivity index (χ1) is 7.56. The first-order valence-corrected chi connectivity index (χ1v) is 6.50. The lowest BCUT2D eigenvalue weighted by atomic mass is 10.1. The van der Waals surface area contributed by atoms with Crippen molar-refractivity contribution in [2.75, 3.05) is 20.1 Å². The molecule has 0 saturated heterocycles. The SMILES string of the molecule is CCC(CC)N(CC(C)C)C(=O)CCNC. The maximum Gasteiger partial charge on any atom is 0.224 e. The highest BCUT2D eigenvalue weighted by Crippen LogP contribution is 2.12. The molecule has 16 heavy (non-hydrogen) atoms. The second-order valence-corrected chi connectivity index (χ2v) is 4.76. The summed E-state index contributed by atoms with van der Waals surface area (Å²) in [6.07, 6.45) is 2.71. The highest BCUT2D eigenvalue weighted by molar-refractivity contribution is 5.76. The van der Waals surface area contributed by atoms with Gasteiger partial charge in [-0.15, -0.1) is 0 Å². The van der Waals surface area contributed by atoms with Gasteiger partial charge in [0.15, 0.2) is 0 Å². The number of carbonyl (C=O) groups is 1. The average molecular weight is 228 g/mol. The van der Waals surface area contributed by atoms with Crippen molar-refractivity contribution in [2.24, 2.45) is 5.92 Å². The molecule has 0 aromatic heterocycles. The molecule has 1 amide bonds. The van der Waals surface area contributed by atoms with Crippen LogP contribution >= 0.6 is 0 Å². The largest absolute Gasteiger partial charge is 0.339 e. The van der Waals surface area contributed by atoms with Gasteiger partial charge in [-0.2, -0.15) is 0 Å². The van der Waals surface area contributed by atoms with E-state index in [-0.39, 0.29) is 5.91 Å². The minimum atomic E-state index is 0.289. The monoisotopic (exact) mass is 228 g/mol. The number of hydrogen-bond acceptors (Lipinski definition) is 2. The lowest BCUT2D eigenvalue weighted by Crippen LogP contribution is -2.42. The lowest BCUT2D eigenvalue weighted by Gasteiger charge is -2.32. The van der Waals surface area contributed by atoms with Crippen LogP contribution in [-0.2, 0) is 4.79 Å². The average Bonchev–Trinajstić information content (AvgIpc) is 2.25. The Morgan fingerprint density at radius 1 is 1.25 bits per heavy atom. The smallest absolute Gasteiger partial charge is 0.224 e. The number of carbonyl (C=O) groups excluding carboxylic acids is 1. The number of nitrogens with one attached hydrogen (secondary N) is 1. The molecule has 0 aliphatic rings. The molecule has 96 valence electrons. The molecular formula is C13H28N2O. The normalized spacial score (nSPS) is 11.2. The van der Waals surface area contributed by atoms with Crippen molar-refractivity contribution in [3.8, 4) is 0 Å². The lowest BCUT2D eigenvalue weighted by molar-refractivity contribution is -0.134. The summed E-state index contributed by atoms with van der Waals surface area (Å²) in [6.45, 7) is 10.3. The van der Waals surface area contributed by atoms with E-state index in [1.165, 1.54) is 0 Å². The van der Waals surface area contributed by atoms with Crippen molar-refractivity contribution in [1.29, 1.82) is 0 Å². The molecule has 0 rings (SSSR count). The summed E-state index contributed by atoms with van der Waals surface area (Å²) in [5.41, 5.74) is 0. The molecule has 0 bridgehead atoms. The molecule has 3 nitrogen and oxygen atoms in total. The van der Waals surface area contributed by atoms with E-state index in [1.807, 2.05) is 7.05 Å². The van der Waals surface area contributed by atoms with Crippen LogP contribution in [0.3, 0.4) is 0 Å². The molecule has 1 N–H and O–H groups in total. The van der Waals surface area contributed by atoms with Gasteiger partial charge in [-0.05, 0) is 25.8 Å². The number of nitrogens with zero attached hydrogens (tertiary/aromatic N) is 1. The first kappa shape index (κ1) is 15.4. The Labute approximate surface area is 101 Å². The highest BCUT2D eigenvalue weighted by atomic mass is 16.2. The van der Waals surface area contributed by atoms with Crippen LogP contribution in [0.1, 0.15) is 47.0 Å². The van der Waals surface area contributed by atoms with Gasteiger partial charge in [0.05, 0.1) is 0 Å². The van der Waals surface area contributed by atoms with Gasteiger partial charge < -0.3 is 10.2 Å². The summed E-state index contributed by atoms with van der Waals surface area (Å²) >= 11 is 0. The van der Waals surface area contributed by atoms with Gasteiger partial charge in [-0.1, -0.05) is 27.7 Å². The molecule has 0 atom stereocenters. The second kappa shape index (κ2) is 8.57. The van der Waals surface area contributed by atoms with Crippen LogP contribution < -0.4 is 5.32 Å². The van der Waals surface area contributed by atoms with E-state index in [4.69, 9.17) is 0 Å². The predicted octanol–water partition coefficient (Wildman–Crippen LogP) is 2.27. The second-order valence-electron chi connectivity index (χ2n) is 4.76. The van der Waals surface area contributed by atoms with E-state index < -0.39 is 0 Å². The molecule has 0 aromatic carbocycles. The Hall–Kier alpha value is -0.570. The van der Waals surface area contributed by atoms with Gasteiger partial charge in [0.2, 0.25) is 5.91 Å². The third-order valence-electron chi connectivity index (χ3n) is 2.85. The van der Waals surface area contributed by atoms with Crippen LogP contribution in [0.4, 0.5) is 0 Å². The highest BCUT2D eigenvalue weighted by Gasteiger charge is 2.21. The van der Waals surface area contributed by atoms with Crippen molar-refractivity contribution in [3.05, 3.63) is 0 Å². The minimum absolute atomic E-state index is 0.289. The van der Waals surface area contributed by atoms with E-state index in [0.29, 0.717) is 18.4 Å². The third kappa shape index (κ3) is 5.50. The van der Waals surface area contributed by atoms with E-state index in [0.717, 1.165) is 25.9 Å². The Balaban J connectivity index is 4.44. The number of amides is 1. The zero-order chi connectivity index (χ0) is 12.6. The van der Waals surface area contributed by atoms with Gasteiger partial charge in [-0.25, -0.2) is 0 Å². The van der Waals surface area contributed by atoms with Crippen molar-refractivity contribution in [3.63, 3.8) is 0 Å². The van der Waals surface area contributed by atoms with Crippen molar-refractivity contribution in [1.82, 2.24) is 10.2 Å². The Bertz CT molecular complexity index is 188. The van der Waals surface area contributed by atoms with Gasteiger partial charge in [0, 0.05) is 25.6 Å². The van der Waals surface area contributed by atoms with E-state index in [2.05, 4.69) is 37.9 Å². The van der Waals surface area contributed by atoms with Crippen LogP contribution in [0, 0.1) is 5.92 Å². The van der Waals surface area contributed by atoms with Gasteiger partial charge in [-0.3, -0.25) is 4.79 Å². The molecule has 3 heteroatoms. The zero-order valence-corrected chi connectivity index (χ0v) is 11.5. The van der Waals surface area contributed by atoms with Crippen LogP contribution in [0.5, 0.6) is 0 Å². The summed E-state index contributed by atoms with van der Waals surface area (Å²) < 4.78 is 0. The molecule has 0 radical (unpaired) electrons. The topological polar surface area (TPSA) is 32.3 Å². The maximum absolute atomic E-state index is 12.1. The van der Waals surface area contributed by atoms with Crippen LogP contribution in [0.15, 0.2) is 0 Å². The molecular weight excluding hydrogens is 200 g/mol. The molecule has 0 heterocycles. The van der Waals surface area contributed by atoms with Crippen LogP contribution in [0.25, 0.3) is 0 Å². The van der Waals surface area contributed by atoms with Crippen LogP contribution in [0.2, 0.25) is 0 Å². The molecule has 0 unspecified atom stereocenters. The fraction of sp³-hybridized carbons (Fsp3) is 0.923. The van der Waals surface area contributed by atoms with E-state index >= 15 is 0 Å². The quantitative estimate of drug-likeness (QED) is 0.691. The first-order valence-electron chi connectivity index (χ1n) is 6.50. The molecule has 0 aliphatic heterocycles. The molecule has 0 fully saturated rings.